The van der Waals surface area contributed by atoms with Gasteiger partial charge in [0.2, 0.25) is 0 Å². The summed E-state index contributed by atoms with van der Waals surface area (Å²) in [5, 5.41) is 21.7. The Hall–Kier alpha value is 0.120. The van der Waals surface area contributed by atoms with E-state index in [1.807, 2.05) is 0 Å². The molecule has 0 rings (SSSR count). The van der Waals surface area contributed by atoms with Crippen LogP contribution in [0.3, 0.4) is 0 Å². The second-order valence-electron chi connectivity index (χ2n) is 13.8. The molecule has 0 aromatic carbocycles. The summed E-state index contributed by atoms with van der Waals surface area (Å²) in [6.07, 6.45) is 35.8. The Morgan fingerprint density at radius 3 is 0.681 bits per heavy atom. The molecule has 7 heteroatoms. The van der Waals surface area contributed by atoms with Gasteiger partial charge >= 0.3 is 37.7 Å². The standard InChI is InChI=1S/2C20H41NO2.Ca/c2*1-3-5-7-9-11-13-15-17-21(19-20(22)23)18-16-14-12-10-8-6-4-2;/h2*3-19H2,1-2H3,(H,22,23);/q;;+2/p-2. The second-order valence-corrected chi connectivity index (χ2v) is 13.8. The van der Waals surface area contributed by atoms with Crippen LogP contribution in [0.15, 0.2) is 0 Å². The van der Waals surface area contributed by atoms with Gasteiger partial charge in [0.1, 0.15) is 0 Å². The normalized spacial score (nSPS) is 11.0. The van der Waals surface area contributed by atoms with E-state index < -0.39 is 11.9 Å². The van der Waals surface area contributed by atoms with Crippen LogP contribution in [0.1, 0.15) is 207 Å². The Morgan fingerprint density at radius 1 is 0.340 bits per heavy atom. The number of aliphatic carboxylic acids is 2. The van der Waals surface area contributed by atoms with E-state index in [0.29, 0.717) is 0 Å². The largest absolute Gasteiger partial charge is 2.00 e. The molecule has 0 heterocycles. The van der Waals surface area contributed by atoms with Crippen molar-refractivity contribution in [2.24, 2.45) is 0 Å². The fraction of sp³-hybridized carbons (Fsp3) is 0.950. The second kappa shape index (κ2) is 44.1. The van der Waals surface area contributed by atoms with Gasteiger partial charge in [0.25, 0.3) is 0 Å². The van der Waals surface area contributed by atoms with Crippen LogP contribution in [0.4, 0.5) is 0 Å². The molecule has 0 unspecified atom stereocenters. The number of rotatable bonds is 36. The number of unbranched alkanes of at least 4 members (excludes halogenated alkanes) is 24. The Bertz CT molecular complexity index is 535. The topological polar surface area (TPSA) is 86.7 Å². The van der Waals surface area contributed by atoms with Gasteiger partial charge in [-0.1, -0.05) is 182 Å². The molecular formula is C40H80CaN2O4. The van der Waals surface area contributed by atoms with Gasteiger partial charge in [-0.2, -0.15) is 0 Å². The van der Waals surface area contributed by atoms with Crippen LogP contribution < -0.4 is 10.2 Å². The zero-order chi connectivity index (χ0) is 34.4. The predicted molar refractivity (Wildman–Crippen MR) is 201 cm³/mol. The van der Waals surface area contributed by atoms with Gasteiger partial charge in [0.05, 0.1) is 11.9 Å². The van der Waals surface area contributed by atoms with Gasteiger partial charge in [0.15, 0.2) is 0 Å². The quantitative estimate of drug-likeness (QED) is 0.0482. The maximum Gasteiger partial charge on any atom is 2.00 e. The third-order valence-corrected chi connectivity index (χ3v) is 9.02. The third kappa shape index (κ3) is 46.1. The van der Waals surface area contributed by atoms with E-state index in [9.17, 15) is 19.8 Å². The van der Waals surface area contributed by atoms with E-state index in [2.05, 4.69) is 37.5 Å². The summed E-state index contributed by atoms with van der Waals surface area (Å²) >= 11 is 0. The summed E-state index contributed by atoms with van der Waals surface area (Å²) in [6.45, 7) is 12.8. The summed E-state index contributed by atoms with van der Waals surface area (Å²) in [5.41, 5.74) is 0. The van der Waals surface area contributed by atoms with Crippen LogP contribution in [0.2, 0.25) is 0 Å². The summed E-state index contributed by atoms with van der Waals surface area (Å²) in [4.78, 5) is 25.9. The number of carbonyl (C=O) groups is 2. The summed E-state index contributed by atoms with van der Waals surface area (Å²) in [7, 11) is 0. The molecule has 0 saturated carbocycles. The average Bonchev–Trinajstić information content (AvgIpc) is 3.02. The van der Waals surface area contributed by atoms with Crippen LogP contribution in [0, 0.1) is 0 Å². The SMILES string of the molecule is CCCCCCCCCN(CCCCCCCCC)CC(=O)[O-].CCCCCCCCCN(CCCCCCCCC)CC(=O)[O-].[Ca+2]. The Morgan fingerprint density at radius 2 is 0.511 bits per heavy atom. The first-order chi connectivity index (χ1) is 22.4. The number of hydrogen-bond donors (Lipinski definition) is 0. The molecule has 0 radical (unpaired) electrons. The van der Waals surface area contributed by atoms with Gasteiger partial charge in [-0.3, -0.25) is 9.80 Å². The zero-order valence-electron chi connectivity index (χ0n) is 32.3. The number of carboxylic acid groups (broad SMARTS) is 2. The minimum atomic E-state index is -0.934. The molecule has 0 saturated heterocycles. The molecule has 0 aromatic rings. The Kier molecular flexibility index (Phi) is 48.4. The molecule has 0 spiro atoms. The van der Waals surface area contributed by atoms with Crippen molar-refractivity contribution in [2.75, 3.05) is 39.3 Å². The zero-order valence-corrected chi connectivity index (χ0v) is 34.5. The van der Waals surface area contributed by atoms with Gasteiger partial charge in [0, 0.05) is 13.1 Å². The molecule has 0 amide bonds. The van der Waals surface area contributed by atoms with Crippen LogP contribution in [0.25, 0.3) is 0 Å². The first-order valence-electron chi connectivity index (χ1n) is 20.2. The smallest absolute Gasteiger partial charge is 0.549 e. The van der Waals surface area contributed by atoms with Crippen molar-refractivity contribution in [2.45, 2.75) is 207 Å². The molecule has 0 aliphatic heterocycles. The average molecular weight is 693 g/mol. The van der Waals surface area contributed by atoms with E-state index in [-0.39, 0.29) is 50.8 Å². The first kappa shape index (κ1) is 51.5. The minimum Gasteiger partial charge on any atom is -0.549 e. The fourth-order valence-corrected chi connectivity index (χ4v) is 6.08. The van der Waals surface area contributed by atoms with Crippen molar-refractivity contribution in [3.8, 4) is 0 Å². The molecule has 6 nitrogen and oxygen atoms in total. The van der Waals surface area contributed by atoms with E-state index in [1.54, 1.807) is 0 Å². The maximum absolute atomic E-state index is 10.9. The van der Waals surface area contributed by atoms with Crippen molar-refractivity contribution in [1.82, 2.24) is 9.80 Å². The molecule has 0 aliphatic carbocycles. The predicted octanol–water partition coefficient (Wildman–Crippen LogP) is 8.70. The van der Waals surface area contributed by atoms with Crippen molar-refractivity contribution in [3.63, 3.8) is 0 Å². The Labute approximate surface area is 324 Å². The van der Waals surface area contributed by atoms with Crippen LogP contribution in [-0.2, 0) is 9.59 Å². The minimum absolute atomic E-state index is 0. The molecule has 47 heavy (non-hydrogen) atoms. The molecule has 0 aliphatic rings. The van der Waals surface area contributed by atoms with Crippen molar-refractivity contribution in [3.05, 3.63) is 0 Å². The van der Waals surface area contributed by atoms with Crippen LogP contribution in [0.5, 0.6) is 0 Å². The van der Waals surface area contributed by atoms with Gasteiger partial charge < -0.3 is 19.8 Å². The van der Waals surface area contributed by atoms with E-state index in [1.165, 1.54) is 154 Å². The summed E-state index contributed by atoms with van der Waals surface area (Å²) in [6, 6.07) is 0. The third-order valence-electron chi connectivity index (χ3n) is 9.02. The number of carbonyl (C=O) groups excluding carboxylic acids is 2. The Balaban J connectivity index is -0.000000807. The van der Waals surface area contributed by atoms with Gasteiger partial charge in [-0.05, 0) is 51.9 Å². The molecule has 0 bridgehead atoms. The van der Waals surface area contributed by atoms with Crippen LogP contribution in [-0.4, -0.2) is 98.7 Å². The monoisotopic (exact) mass is 693 g/mol. The summed E-state index contributed by atoms with van der Waals surface area (Å²) < 4.78 is 0. The maximum atomic E-state index is 10.9. The molecule has 0 atom stereocenters. The van der Waals surface area contributed by atoms with Crippen LogP contribution >= 0.6 is 0 Å². The van der Waals surface area contributed by atoms with Crippen molar-refractivity contribution >= 4 is 49.7 Å². The van der Waals surface area contributed by atoms with E-state index in [0.717, 1.165) is 51.9 Å². The number of carboxylic acids is 2. The fourth-order valence-electron chi connectivity index (χ4n) is 6.08. The van der Waals surface area contributed by atoms with Gasteiger partial charge in [-0.25, -0.2) is 0 Å². The molecule has 0 N–H and O–H groups in total. The van der Waals surface area contributed by atoms with Crippen molar-refractivity contribution in [1.29, 1.82) is 0 Å². The molecule has 0 fully saturated rings. The molecule has 0 aromatic heterocycles. The van der Waals surface area contributed by atoms with Crippen molar-refractivity contribution < 1.29 is 19.8 Å². The van der Waals surface area contributed by atoms with Gasteiger partial charge in [-0.15, -0.1) is 0 Å². The molecule has 276 valence electrons. The number of nitrogens with zero attached hydrogens (tertiary/aromatic N) is 2. The first-order valence-corrected chi connectivity index (χ1v) is 20.2. The summed E-state index contributed by atoms with van der Waals surface area (Å²) in [5.74, 6) is -1.87. The van der Waals surface area contributed by atoms with E-state index in [4.69, 9.17) is 0 Å². The van der Waals surface area contributed by atoms with E-state index >= 15 is 0 Å². The number of hydrogen-bond acceptors (Lipinski definition) is 6. The molecular weight excluding hydrogens is 613 g/mol.